The Bertz CT molecular complexity index is 686. The molecular weight excluding hydrogens is 318 g/mol. The zero-order valence-corrected chi connectivity index (χ0v) is 14.6. The van der Waals surface area contributed by atoms with Crippen molar-refractivity contribution in [3.05, 3.63) is 17.1 Å². The number of ether oxygens (including phenoxy) is 1. The van der Waals surface area contributed by atoms with Gasteiger partial charge in [-0.15, -0.1) is 0 Å². The molecule has 0 saturated carbocycles. The van der Waals surface area contributed by atoms with Crippen molar-refractivity contribution in [2.45, 2.75) is 19.9 Å². The number of aromatic nitrogens is 2. The Labute approximate surface area is 137 Å². The lowest BCUT2D eigenvalue weighted by molar-refractivity contribution is 0.0698. The molecule has 0 bridgehead atoms. The molecule has 1 aromatic heterocycles. The van der Waals surface area contributed by atoms with Gasteiger partial charge >= 0.3 is 0 Å². The molecule has 0 spiro atoms. The Morgan fingerprint density at radius 1 is 1.09 bits per heavy atom. The highest BCUT2D eigenvalue weighted by Gasteiger charge is 2.34. The van der Waals surface area contributed by atoms with E-state index in [1.807, 2.05) is 25.9 Å². The Kier molecular flexibility index (Phi) is 4.54. The summed E-state index contributed by atoms with van der Waals surface area (Å²) in [5.41, 5.74) is 1.86. The molecule has 2 aliphatic heterocycles. The molecule has 1 saturated heterocycles. The van der Waals surface area contributed by atoms with Crippen LogP contribution in [0.2, 0.25) is 0 Å². The predicted molar refractivity (Wildman–Crippen MR) is 86.5 cm³/mol. The van der Waals surface area contributed by atoms with Gasteiger partial charge in [-0.05, 0) is 13.3 Å². The summed E-state index contributed by atoms with van der Waals surface area (Å²) in [6, 6.07) is 0. The van der Waals surface area contributed by atoms with Gasteiger partial charge in [-0.25, -0.2) is 9.97 Å². The van der Waals surface area contributed by atoms with Crippen molar-refractivity contribution in [2.24, 2.45) is 0 Å². The van der Waals surface area contributed by atoms with Crippen molar-refractivity contribution < 1.29 is 13.2 Å². The summed E-state index contributed by atoms with van der Waals surface area (Å²) in [6.45, 7) is 4.34. The summed E-state index contributed by atoms with van der Waals surface area (Å²) < 4.78 is 33.9. The molecule has 1 aromatic rings. The van der Waals surface area contributed by atoms with Crippen molar-refractivity contribution in [1.29, 1.82) is 0 Å². The van der Waals surface area contributed by atoms with Gasteiger partial charge in [-0.3, -0.25) is 0 Å². The molecule has 0 amide bonds. The summed E-state index contributed by atoms with van der Waals surface area (Å²) >= 11 is 0. The van der Waals surface area contributed by atoms with Crippen LogP contribution in [0.25, 0.3) is 0 Å². The number of hydrogen-bond acceptors (Lipinski definition) is 6. The van der Waals surface area contributed by atoms with Crippen molar-refractivity contribution >= 4 is 16.0 Å². The fourth-order valence-electron chi connectivity index (χ4n) is 3.01. The Morgan fingerprint density at radius 3 is 2.43 bits per heavy atom. The molecule has 8 nitrogen and oxygen atoms in total. The largest absolute Gasteiger partial charge is 0.379 e. The van der Waals surface area contributed by atoms with Crippen LogP contribution in [-0.2, 0) is 27.9 Å². The van der Waals surface area contributed by atoms with E-state index in [-0.39, 0.29) is 0 Å². The first-order valence-electron chi connectivity index (χ1n) is 7.76. The molecule has 23 heavy (non-hydrogen) atoms. The Hall–Kier alpha value is -1.29. The number of aryl methyl sites for hydroxylation is 1. The number of hydrogen-bond donors (Lipinski definition) is 0. The third kappa shape index (κ3) is 3.18. The average Bonchev–Trinajstić information content (AvgIpc) is 2.54. The molecule has 128 valence electrons. The van der Waals surface area contributed by atoms with Crippen LogP contribution in [-0.4, -0.2) is 73.9 Å². The molecular formula is C14H23N5O3S. The quantitative estimate of drug-likeness (QED) is 0.757. The first-order chi connectivity index (χ1) is 10.9. The van der Waals surface area contributed by atoms with Crippen LogP contribution in [0.1, 0.15) is 17.1 Å². The van der Waals surface area contributed by atoms with Crippen LogP contribution in [0.4, 0.5) is 5.82 Å². The fourth-order valence-corrected chi connectivity index (χ4v) is 4.56. The lowest BCUT2D eigenvalue weighted by Crippen LogP contribution is -2.50. The second-order valence-electron chi connectivity index (χ2n) is 6.02. The van der Waals surface area contributed by atoms with Crippen LogP contribution < -0.4 is 4.90 Å². The van der Waals surface area contributed by atoms with E-state index in [4.69, 9.17) is 4.74 Å². The molecule has 1 fully saturated rings. The van der Waals surface area contributed by atoms with E-state index in [1.165, 1.54) is 8.61 Å². The second-order valence-corrected chi connectivity index (χ2v) is 7.95. The maximum absolute atomic E-state index is 12.8. The van der Waals surface area contributed by atoms with Gasteiger partial charge < -0.3 is 9.64 Å². The predicted octanol–water partition coefficient (Wildman–Crippen LogP) is -0.214. The van der Waals surface area contributed by atoms with Crippen LogP contribution >= 0.6 is 0 Å². The van der Waals surface area contributed by atoms with E-state index in [9.17, 15) is 8.42 Å². The van der Waals surface area contributed by atoms with Gasteiger partial charge in [0.2, 0.25) is 0 Å². The molecule has 3 rings (SSSR count). The number of morpholine rings is 1. The number of nitrogens with zero attached hydrogens (tertiary/aromatic N) is 5. The first-order valence-corrected chi connectivity index (χ1v) is 9.16. The molecule has 3 heterocycles. The first kappa shape index (κ1) is 16.6. The van der Waals surface area contributed by atoms with E-state index in [0.717, 1.165) is 17.1 Å². The summed E-state index contributed by atoms with van der Waals surface area (Å²) in [7, 11) is 0.426. The number of fused-ring (bicyclic) bond motifs is 1. The Balaban J connectivity index is 1.88. The number of anilines is 1. The third-order valence-corrected chi connectivity index (χ3v) is 6.15. The minimum absolute atomic E-state index is 0.305. The van der Waals surface area contributed by atoms with Gasteiger partial charge in [0.15, 0.2) is 0 Å². The van der Waals surface area contributed by atoms with Gasteiger partial charge in [-0.2, -0.15) is 17.0 Å². The minimum atomic E-state index is -3.46. The molecule has 9 heteroatoms. The Morgan fingerprint density at radius 2 is 1.78 bits per heavy atom. The van der Waals surface area contributed by atoms with Crippen LogP contribution in [0, 0.1) is 6.92 Å². The van der Waals surface area contributed by atoms with E-state index in [1.54, 1.807) is 0 Å². The highest BCUT2D eigenvalue weighted by atomic mass is 32.2. The smallest absolute Gasteiger partial charge is 0.282 e. The zero-order valence-electron chi connectivity index (χ0n) is 13.8. The van der Waals surface area contributed by atoms with Crippen LogP contribution in [0.5, 0.6) is 0 Å². The van der Waals surface area contributed by atoms with Crippen LogP contribution in [0.3, 0.4) is 0 Å². The van der Waals surface area contributed by atoms with E-state index < -0.39 is 10.2 Å². The van der Waals surface area contributed by atoms with Gasteiger partial charge in [0.1, 0.15) is 11.6 Å². The third-order valence-electron chi connectivity index (χ3n) is 4.17. The van der Waals surface area contributed by atoms with Crippen molar-refractivity contribution in [3.8, 4) is 0 Å². The molecule has 2 aliphatic rings. The minimum Gasteiger partial charge on any atom is -0.379 e. The van der Waals surface area contributed by atoms with Crippen LogP contribution in [0.15, 0.2) is 0 Å². The zero-order chi connectivity index (χ0) is 16.6. The van der Waals surface area contributed by atoms with E-state index in [2.05, 4.69) is 9.97 Å². The maximum atomic E-state index is 12.8. The second kappa shape index (κ2) is 6.31. The molecule has 0 radical (unpaired) electrons. The average molecular weight is 341 g/mol. The highest BCUT2D eigenvalue weighted by Crippen LogP contribution is 2.27. The molecule has 0 aromatic carbocycles. The molecule has 0 unspecified atom stereocenters. The van der Waals surface area contributed by atoms with Gasteiger partial charge in [0.25, 0.3) is 10.2 Å². The lowest BCUT2D eigenvalue weighted by atomic mass is 10.1. The van der Waals surface area contributed by atoms with Crippen molar-refractivity contribution in [2.75, 3.05) is 51.8 Å². The van der Waals surface area contributed by atoms with Gasteiger partial charge in [0.05, 0.1) is 25.5 Å². The summed E-state index contributed by atoms with van der Waals surface area (Å²) in [4.78, 5) is 10.9. The maximum Gasteiger partial charge on any atom is 0.282 e. The van der Waals surface area contributed by atoms with Gasteiger partial charge in [-0.1, -0.05) is 0 Å². The SMILES string of the molecule is Cc1nc2c(c(N(C)C)n1)CCN(S(=O)(=O)N1CCOCC1)C2. The van der Waals surface area contributed by atoms with Gasteiger partial charge in [0, 0.05) is 39.3 Å². The monoisotopic (exact) mass is 341 g/mol. The van der Waals surface area contributed by atoms with Crippen molar-refractivity contribution in [3.63, 3.8) is 0 Å². The molecule has 0 aliphatic carbocycles. The van der Waals surface area contributed by atoms with E-state index >= 15 is 0 Å². The normalized spacial score (nSPS) is 20.3. The summed E-state index contributed by atoms with van der Waals surface area (Å²) in [6.07, 6.45) is 0.632. The lowest BCUT2D eigenvalue weighted by Gasteiger charge is -2.35. The standard InChI is InChI=1S/C14H23N5O3S/c1-11-15-13-10-19(5-4-12(13)14(16-11)17(2)3)23(20,21)18-6-8-22-9-7-18/h4-10H2,1-3H3. The molecule has 0 N–H and O–H groups in total. The van der Waals surface area contributed by atoms with Crippen molar-refractivity contribution in [1.82, 2.24) is 18.6 Å². The topological polar surface area (TPSA) is 78.9 Å². The summed E-state index contributed by atoms with van der Waals surface area (Å²) in [5, 5.41) is 0. The summed E-state index contributed by atoms with van der Waals surface area (Å²) in [5.74, 6) is 1.55. The molecule has 0 atom stereocenters. The fraction of sp³-hybridized carbons (Fsp3) is 0.714. The highest BCUT2D eigenvalue weighted by molar-refractivity contribution is 7.86. The van der Waals surface area contributed by atoms with E-state index in [0.29, 0.717) is 51.6 Å². The number of rotatable bonds is 3.